The first kappa shape index (κ1) is 14.0. The highest BCUT2D eigenvalue weighted by Gasteiger charge is 2.16. The molecule has 3 nitrogen and oxygen atoms in total. The van der Waals surface area contributed by atoms with Crippen LogP contribution in [0.1, 0.15) is 12.5 Å². The second-order valence-corrected chi connectivity index (χ2v) is 4.50. The fourth-order valence-electron chi connectivity index (χ4n) is 1.36. The van der Waals surface area contributed by atoms with E-state index in [9.17, 15) is 9.18 Å². The van der Waals surface area contributed by atoms with Crippen molar-refractivity contribution in [3.63, 3.8) is 0 Å². The SMILES string of the molecule is CCOc1ccc(CC(Br)C(=O)OC)cc1F. The molecule has 0 heterocycles. The van der Waals surface area contributed by atoms with Gasteiger partial charge in [0.15, 0.2) is 11.6 Å². The minimum atomic E-state index is -0.468. The number of hydrogen-bond donors (Lipinski definition) is 0. The van der Waals surface area contributed by atoms with Crippen molar-refractivity contribution in [2.75, 3.05) is 13.7 Å². The van der Waals surface area contributed by atoms with E-state index >= 15 is 0 Å². The first-order chi connectivity index (χ1) is 8.08. The minimum Gasteiger partial charge on any atom is -0.491 e. The second kappa shape index (κ2) is 6.59. The Labute approximate surface area is 108 Å². The van der Waals surface area contributed by atoms with Crippen molar-refractivity contribution in [1.29, 1.82) is 0 Å². The molecule has 0 aliphatic heterocycles. The van der Waals surface area contributed by atoms with E-state index in [1.165, 1.54) is 13.2 Å². The molecule has 0 amide bonds. The Morgan fingerprint density at radius 2 is 2.24 bits per heavy atom. The molecular weight excluding hydrogens is 291 g/mol. The quantitative estimate of drug-likeness (QED) is 0.620. The highest BCUT2D eigenvalue weighted by molar-refractivity contribution is 9.10. The summed E-state index contributed by atoms with van der Waals surface area (Å²) in [6.07, 6.45) is 0.371. The lowest BCUT2D eigenvalue weighted by Gasteiger charge is -2.09. The molecule has 0 saturated carbocycles. The highest BCUT2D eigenvalue weighted by Crippen LogP contribution is 2.20. The molecule has 0 radical (unpaired) electrons. The van der Waals surface area contributed by atoms with Crippen LogP contribution < -0.4 is 4.74 Å². The van der Waals surface area contributed by atoms with E-state index in [4.69, 9.17) is 4.74 Å². The monoisotopic (exact) mass is 304 g/mol. The maximum absolute atomic E-state index is 13.5. The average Bonchev–Trinajstić information content (AvgIpc) is 2.31. The third kappa shape index (κ3) is 4.00. The van der Waals surface area contributed by atoms with Crippen LogP contribution in [-0.4, -0.2) is 24.5 Å². The number of benzene rings is 1. The Morgan fingerprint density at radius 1 is 1.53 bits per heavy atom. The summed E-state index contributed by atoms with van der Waals surface area (Å²) in [5.41, 5.74) is 0.707. The number of ether oxygens (including phenoxy) is 2. The van der Waals surface area contributed by atoms with Gasteiger partial charge in [0.25, 0.3) is 0 Å². The molecule has 0 fully saturated rings. The van der Waals surface area contributed by atoms with Crippen LogP contribution in [0.2, 0.25) is 0 Å². The predicted molar refractivity (Wildman–Crippen MR) is 66.0 cm³/mol. The lowest BCUT2D eigenvalue weighted by Crippen LogP contribution is -2.18. The summed E-state index contributed by atoms with van der Waals surface area (Å²) < 4.78 is 23.2. The minimum absolute atomic E-state index is 0.223. The van der Waals surface area contributed by atoms with Crippen LogP contribution in [0.4, 0.5) is 4.39 Å². The largest absolute Gasteiger partial charge is 0.491 e. The molecule has 94 valence electrons. The van der Waals surface area contributed by atoms with Gasteiger partial charge in [0, 0.05) is 0 Å². The normalized spacial score (nSPS) is 12.0. The van der Waals surface area contributed by atoms with Crippen LogP contribution in [0.3, 0.4) is 0 Å². The standard InChI is InChI=1S/C12H14BrFO3/c1-3-17-11-5-4-8(7-10(11)14)6-9(13)12(15)16-2/h4-5,7,9H,3,6H2,1-2H3. The molecule has 5 heteroatoms. The third-order valence-electron chi connectivity index (χ3n) is 2.17. The molecule has 17 heavy (non-hydrogen) atoms. The van der Waals surface area contributed by atoms with E-state index in [-0.39, 0.29) is 11.7 Å². The Bertz CT molecular complexity index is 395. The number of halogens is 2. The van der Waals surface area contributed by atoms with Gasteiger partial charge < -0.3 is 9.47 Å². The van der Waals surface area contributed by atoms with E-state index in [0.717, 1.165) is 0 Å². The van der Waals surface area contributed by atoms with Gasteiger partial charge >= 0.3 is 5.97 Å². The van der Waals surface area contributed by atoms with Crippen LogP contribution in [0.25, 0.3) is 0 Å². The fraction of sp³-hybridized carbons (Fsp3) is 0.417. The fourth-order valence-corrected chi connectivity index (χ4v) is 1.92. The van der Waals surface area contributed by atoms with Gasteiger partial charge in [-0.15, -0.1) is 0 Å². The molecule has 0 aliphatic rings. The van der Waals surface area contributed by atoms with Gasteiger partial charge in [0.1, 0.15) is 4.83 Å². The number of rotatable bonds is 5. The summed E-state index contributed by atoms with van der Waals surface area (Å²) in [5, 5.41) is 0. The lowest BCUT2D eigenvalue weighted by molar-refractivity contribution is -0.139. The Kier molecular flexibility index (Phi) is 5.41. The van der Waals surface area contributed by atoms with E-state index < -0.39 is 10.6 Å². The van der Waals surface area contributed by atoms with Crippen LogP contribution in [0.5, 0.6) is 5.75 Å². The summed E-state index contributed by atoms with van der Waals surface area (Å²) in [6.45, 7) is 2.21. The second-order valence-electron chi connectivity index (χ2n) is 3.39. The number of carbonyl (C=O) groups excluding carboxylic acids is 1. The number of hydrogen-bond acceptors (Lipinski definition) is 3. The smallest absolute Gasteiger partial charge is 0.319 e. The molecule has 0 N–H and O–H groups in total. The first-order valence-corrected chi connectivity index (χ1v) is 6.13. The van der Waals surface area contributed by atoms with Crippen molar-refractivity contribution in [2.45, 2.75) is 18.2 Å². The van der Waals surface area contributed by atoms with Gasteiger partial charge in [0.2, 0.25) is 0 Å². The highest BCUT2D eigenvalue weighted by atomic mass is 79.9. The maximum atomic E-state index is 13.5. The molecule has 0 saturated heterocycles. The predicted octanol–water partition coefficient (Wildman–Crippen LogP) is 2.70. The summed E-state index contributed by atoms with van der Waals surface area (Å²) in [4.78, 5) is 10.7. The van der Waals surface area contributed by atoms with Crippen LogP contribution >= 0.6 is 15.9 Å². The van der Waals surface area contributed by atoms with Crippen molar-refractivity contribution in [2.24, 2.45) is 0 Å². The molecule has 0 spiro atoms. The van der Waals surface area contributed by atoms with E-state index in [1.807, 2.05) is 0 Å². The molecule has 1 unspecified atom stereocenters. The maximum Gasteiger partial charge on any atom is 0.319 e. The Morgan fingerprint density at radius 3 is 2.76 bits per heavy atom. The topological polar surface area (TPSA) is 35.5 Å². The van der Waals surface area contributed by atoms with E-state index in [1.54, 1.807) is 19.1 Å². The summed E-state index contributed by atoms with van der Waals surface area (Å²) >= 11 is 3.19. The van der Waals surface area contributed by atoms with E-state index in [0.29, 0.717) is 18.6 Å². The van der Waals surface area contributed by atoms with Crippen LogP contribution in [0, 0.1) is 5.82 Å². The van der Waals surface area contributed by atoms with Crippen molar-refractivity contribution >= 4 is 21.9 Å². The number of alkyl halides is 1. The summed E-state index contributed by atoms with van der Waals surface area (Å²) in [5.74, 6) is -0.575. The van der Waals surface area contributed by atoms with Gasteiger partial charge in [-0.1, -0.05) is 22.0 Å². The summed E-state index contributed by atoms with van der Waals surface area (Å²) in [6, 6.07) is 4.65. The molecule has 0 aromatic heterocycles. The Hall–Kier alpha value is -1.10. The number of methoxy groups -OCH3 is 1. The molecule has 0 aliphatic carbocycles. The Balaban J connectivity index is 2.73. The van der Waals surface area contributed by atoms with Crippen molar-refractivity contribution < 1.29 is 18.7 Å². The molecule has 1 atom stereocenters. The van der Waals surface area contributed by atoms with Crippen LogP contribution in [-0.2, 0) is 16.0 Å². The van der Waals surface area contributed by atoms with E-state index in [2.05, 4.69) is 20.7 Å². The van der Waals surface area contributed by atoms with Crippen molar-refractivity contribution in [3.05, 3.63) is 29.6 Å². The zero-order chi connectivity index (χ0) is 12.8. The molecule has 1 aromatic rings. The van der Waals surface area contributed by atoms with Gasteiger partial charge in [-0.2, -0.15) is 0 Å². The van der Waals surface area contributed by atoms with Gasteiger partial charge in [-0.05, 0) is 31.0 Å². The third-order valence-corrected chi connectivity index (χ3v) is 2.87. The molecule has 0 bridgehead atoms. The number of esters is 1. The lowest BCUT2D eigenvalue weighted by atomic mass is 10.1. The zero-order valence-corrected chi connectivity index (χ0v) is 11.3. The van der Waals surface area contributed by atoms with Gasteiger partial charge in [0.05, 0.1) is 13.7 Å². The van der Waals surface area contributed by atoms with Gasteiger partial charge in [-0.3, -0.25) is 4.79 Å². The zero-order valence-electron chi connectivity index (χ0n) is 9.70. The summed E-state index contributed by atoms with van der Waals surface area (Å²) in [7, 11) is 1.31. The van der Waals surface area contributed by atoms with Crippen LogP contribution in [0.15, 0.2) is 18.2 Å². The average molecular weight is 305 g/mol. The van der Waals surface area contributed by atoms with Gasteiger partial charge in [-0.25, -0.2) is 4.39 Å². The molecule has 1 aromatic carbocycles. The first-order valence-electron chi connectivity index (χ1n) is 5.21. The van der Waals surface area contributed by atoms with Crippen molar-refractivity contribution in [1.82, 2.24) is 0 Å². The van der Waals surface area contributed by atoms with Crippen molar-refractivity contribution in [3.8, 4) is 5.75 Å². The number of carbonyl (C=O) groups is 1. The molecule has 1 rings (SSSR count). The molecular formula is C12H14BrFO3.